The number of allylic oxidation sites excluding steroid dienone is 2. The molecule has 2 atom stereocenters. The standard InChI is InChI=1S/C42H30N2/c1-3-12-29(13-4-1)31-22-24-33(25-23-31)43-39-20-9-7-18-35(39)37-28-42-38(27-41(37)43)36-19-8-10-21-40(36)44(42)34-17-11-16-32(26-34)30-14-5-2-6-15-30/h1-28,35,39H. The number of hydrogen-bond acceptors (Lipinski definition) is 1. The Labute approximate surface area is 257 Å². The Morgan fingerprint density at radius 2 is 1.09 bits per heavy atom. The number of benzene rings is 6. The van der Waals surface area contributed by atoms with Gasteiger partial charge < -0.3 is 9.47 Å². The van der Waals surface area contributed by atoms with Crippen molar-refractivity contribution in [3.63, 3.8) is 0 Å². The number of aromatic nitrogens is 1. The number of fused-ring (bicyclic) bond motifs is 6. The molecule has 1 aromatic heterocycles. The summed E-state index contributed by atoms with van der Waals surface area (Å²) in [4.78, 5) is 2.54. The SMILES string of the molecule is C1=CC2c3cc4c(cc3N(c3ccc(-c5ccccc5)cc3)C2C=C1)c1ccccc1n4-c1cccc(-c2ccccc2)c1. The van der Waals surface area contributed by atoms with Crippen LogP contribution in [0.15, 0.2) is 170 Å². The first-order valence-corrected chi connectivity index (χ1v) is 15.4. The largest absolute Gasteiger partial charge is 0.333 e. The van der Waals surface area contributed by atoms with Crippen molar-refractivity contribution in [1.82, 2.24) is 4.57 Å². The molecule has 0 radical (unpaired) electrons. The van der Waals surface area contributed by atoms with Crippen LogP contribution in [-0.4, -0.2) is 10.6 Å². The third kappa shape index (κ3) is 3.88. The van der Waals surface area contributed by atoms with Gasteiger partial charge >= 0.3 is 0 Å². The van der Waals surface area contributed by atoms with Crippen molar-refractivity contribution >= 4 is 33.2 Å². The number of nitrogens with zero attached hydrogens (tertiary/aromatic N) is 2. The van der Waals surface area contributed by atoms with Gasteiger partial charge in [0.05, 0.1) is 17.1 Å². The van der Waals surface area contributed by atoms with Crippen LogP contribution in [0.2, 0.25) is 0 Å². The van der Waals surface area contributed by atoms with Crippen LogP contribution < -0.4 is 4.90 Å². The molecule has 44 heavy (non-hydrogen) atoms. The third-order valence-electron chi connectivity index (χ3n) is 9.31. The van der Waals surface area contributed by atoms with Gasteiger partial charge in [0.1, 0.15) is 0 Å². The van der Waals surface area contributed by atoms with E-state index in [9.17, 15) is 0 Å². The zero-order valence-corrected chi connectivity index (χ0v) is 24.2. The predicted octanol–water partition coefficient (Wildman–Crippen LogP) is 10.8. The smallest absolute Gasteiger partial charge is 0.0629 e. The van der Waals surface area contributed by atoms with Crippen LogP contribution in [0.3, 0.4) is 0 Å². The number of hydrogen-bond donors (Lipinski definition) is 0. The van der Waals surface area contributed by atoms with Crippen molar-refractivity contribution in [2.24, 2.45) is 0 Å². The summed E-state index contributed by atoms with van der Waals surface area (Å²) in [5.41, 5.74) is 12.5. The van der Waals surface area contributed by atoms with Gasteiger partial charge in [-0.3, -0.25) is 0 Å². The molecule has 0 fully saturated rings. The molecule has 0 saturated carbocycles. The molecule has 6 aromatic carbocycles. The molecule has 1 aliphatic heterocycles. The maximum absolute atomic E-state index is 2.54. The van der Waals surface area contributed by atoms with Crippen LogP contribution in [0.25, 0.3) is 49.7 Å². The zero-order valence-electron chi connectivity index (χ0n) is 24.2. The second kappa shape index (κ2) is 10.00. The Hall–Kier alpha value is -5.60. The van der Waals surface area contributed by atoms with Crippen LogP contribution >= 0.6 is 0 Å². The second-order valence-corrected chi connectivity index (χ2v) is 11.8. The Balaban J connectivity index is 1.23. The van der Waals surface area contributed by atoms with Gasteiger partial charge in [-0.15, -0.1) is 0 Å². The van der Waals surface area contributed by atoms with Crippen LogP contribution in [-0.2, 0) is 0 Å². The van der Waals surface area contributed by atoms with E-state index in [1.165, 1.54) is 66.7 Å². The summed E-state index contributed by atoms with van der Waals surface area (Å²) >= 11 is 0. The average molecular weight is 563 g/mol. The van der Waals surface area contributed by atoms with E-state index in [1.54, 1.807) is 0 Å². The van der Waals surface area contributed by atoms with Gasteiger partial charge in [-0.2, -0.15) is 0 Å². The van der Waals surface area contributed by atoms with E-state index in [-0.39, 0.29) is 12.0 Å². The van der Waals surface area contributed by atoms with Crippen molar-refractivity contribution in [2.45, 2.75) is 12.0 Å². The lowest BCUT2D eigenvalue weighted by Crippen LogP contribution is -2.28. The van der Waals surface area contributed by atoms with E-state index >= 15 is 0 Å². The molecule has 2 unspecified atom stereocenters. The average Bonchev–Trinajstić information content (AvgIpc) is 3.60. The van der Waals surface area contributed by atoms with E-state index in [0.29, 0.717) is 0 Å². The first-order chi connectivity index (χ1) is 21.8. The fraction of sp³-hybridized carbons (Fsp3) is 0.0476. The first kappa shape index (κ1) is 24.9. The van der Waals surface area contributed by atoms with Crippen molar-refractivity contribution in [3.05, 3.63) is 175 Å². The molecule has 2 heteroatoms. The van der Waals surface area contributed by atoms with Gasteiger partial charge in [-0.25, -0.2) is 0 Å². The molecule has 0 spiro atoms. The van der Waals surface area contributed by atoms with Crippen LogP contribution in [0.1, 0.15) is 11.5 Å². The molecule has 2 nitrogen and oxygen atoms in total. The lowest BCUT2D eigenvalue weighted by atomic mass is 9.91. The molecule has 0 saturated heterocycles. The van der Waals surface area contributed by atoms with E-state index in [2.05, 4.69) is 179 Å². The molecular formula is C42H30N2. The molecule has 2 aliphatic rings. The molecule has 0 amide bonds. The molecule has 0 N–H and O–H groups in total. The van der Waals surface area contributed by atoms with Gasteiger partial charge in [0.25, 0.3) is 0 Å². The highest BCUT2D eigenvalue weighted by Crippen LogP contribution is 2.50. The van der Waals surface area contributed by atoms with E-state index < -0.39 is 0 Å². The quantitative estimate of drug-likeness (QED) is 0.207. The maximum Gasteiger partial charge on any atom is 0.0629 e. The lowest BCUT2D eigenvalue weighted by Gasteiger charge is -2.28. The summed E-state index contributed by atoms with van der Waals surface area (Å²) in [6.07, 6.45) is 9.13. The third-order valence-corrected chi connectivity index (χ3v) is 9.31. The van der Waals surface area contributed by atoms with E-state index in [1.807, 2.05) is 0 Å². The van der Waals surface area contributed by atoms with Crippen LogP contribution in [0.4, 0.5) is 11.4 Å². The van der Waals surface area contributed by atoms with Crippen LogP contribution in [0, 0.1) is 0 Å². The number of para-hydroxylation sites is 1. The zero-order chi connectivity index (χ0) is 29.0. The monoisotopic (exact) mass is 562 g/mol. The highest BCUT2D eigenvalue weighted by atomic mass is 15.2. The van der Waals surface area contributed by atoms with Crippen molar-refractivity contribution in [1.29, 1.82) is 0 Å². The predicted molar refractivity (Wildman–Crippen MR) is 185 cm³/mol. The van der Waals surface area contributed by atoms with Gasteiger partial charge in [-0.05, 0) is 70.3 Å². The molecule has 0 bridgehead atoms. The highest BCUT2D eigenvalue weighted by molar-refractivity contribution is 6.11. The summed E-state index contributed by atoms with van der Waals surface area (Å²) in [5, 5.41) is 2.55. The highest BCUT2D eigenvalue weighted by Gasteiger charge is 2.38. The topological polar surface area (TPSA) is 8.17 Å². The molecule has 1 aliphatic carbocycles. The molecular weight excluding hydrogens is 532 g/mol. The minimum atomic E-state index is 0.241. The van der Waals surface area contributed by atoms with E-state index in [0.717, 1.165) is 0 Å². The minimum absolute atomic E-state index is 0.241. The summed E-state index contributed by atoms with van der Waals surface area (Å²) < 4.78 is 2.45. The fourth-order valence-electron chi connectivity index (χ4n) is 7.28. The van der Waals surface area contributed by atoms with Crippen molar-refractivity contribution < 1.29 is 0 Å². The Bertz CT molecular complexity index is 2220. The van der Waals surface area contributed by atoms with Gasteiger partial charge in [0, 0.05) is 33.8 Å². The Morgan fingerprint density at radius 3 is 1.89 bits per heavy atom. The second-order valence-electron chi connectivity index (χ2n) is 11.8. The summed E-state index contributed by atoms with van der Waals surface area (Å²) in [7, 11) is 0. The Morgan fingerprint density at radius 1 is 0.432 bits per heavy atom. The van der Waals surface area contributed by atoms with Gasteiger partial charge in [0.2, 0.25) is 0 Å². The van der Waals surface area contributed by atoms with Gasteiger partial charge in [0.15, 0.2) is 0 Å². The molecule has 2 heterocycles. The normalized spacial score (nSPS) is 16.9. The fourth-order valence-corrected chi connectivity index (χ4v) is 7.28. The van der Waals surface area contributed by atoms with Gasteiger partial charge in [-0.1, -0.05) is 127 Å². The first-order valence-electron chi connectivity index (χ1n) is 15.4. The van der Waals surface area contributed by atoms with E-state index in [4.69, 9.17) is 0 Å². The number of rotatable bonds is 4. The number of anilines is 2. The van der Waals surface area contributed by atoms with Crippen molar-refractivity contribution in [3.8, 4) is 27.9 Å². The maximum atomic E-state index is 2.54. The summed E-state index contributed by atoms with van der Waals surface area (Å²) in [6, 6.07) is 53.2. The summed E-state index contributed by atoms with van der Waals surface area (Å²) in [6.45, 7) is 0. The summed E-state index contributed by atoms with van der Waals surface area (Å²) in [5.74, 6) is 0.287. The molecule has 208 valence electrons. The van der Waals surface area contributed by atoms with Crippen LogP contribution in [0.5, 0.6) is 0 Å². The molecule has 7 aromatic rings. The lowest BCUT2D eigenvalue weighted by molar-refractivity contribution is 0.745. The Kier molecular flexibility index (Phi) is 5.67. The molecule has 9 rings (SSSR count). The minimum Gasteiger partial charge on any atom is -0.333 e. The van der Waals surface area contributed by atoms with Crippen molar-refractivity contribution in [2.75, 3.05) is 4.90 Å².